The van der Waals surface area contributed by atoms with Gasteiger partial charge in [-0.05, 0) is 32.0 Å². The third-order valence-electron chi connectivity index (χ3n) is 2.82. The number of rotatable bonds is 5. The van der Waals surface area contributed by atoms with Crippen LogP contribution < -0.4 is 0 Å². The maximum atomic E-state index is 13.4. The second-order valence-electron chi connectivity index (χ2n) is 4.43. The van der Waals surface area contributed by atoms with Gasteiger partial charge in [-0.1, -0.05) is 6.92 Å². The van der Waals surface area contributed by atoms with E-state index in [-0.39, 0.29) is 23.0 Å². The molecule has 0 aromatic heterocycles. The molecular formula is C13H18FNO4S. The van der Waals surface area contributed by atoms with Gasteiger partial charge in [0, 0.05) is 12.6 Å². The Balaban J connectivity index is 3.51. The zero-order valence-electron chi connectivity index (χ0n) is 11.9. The summed E-state index contributed by atoms with van der Waals surface area (Å²) < 4.78 is 44.2. The first kappa shape index (κ1) is 16.6. The number of hydrogen-bond donors (Lipinski definition) is 0. The Bertz CT molecular complexity index is 598. The van der Waals surface area contributed by atoms with Gasteiger partial charge in [-0.25, -0.2) is 17.6 Å². The molecule has 0 amide bonds. The monoisotopic (exact) mass is 303 g/mol. The van der Waals surface area contributed by atoms with Crippen molar-refractivity contribution < 1.29 is 22.3 Å². The lowest BCUT2D eigenvalue weighted by Crippen LogP contribution is -2.37. The molecule has 0 aliphatic heterocycles. The number of hydrogen-bond acceptors (Lipinski definition) is 4. The first-order valence-corrected chi connectivity index (χ1v) is 7.59. The third kappa shape index (κ3) is 3.16. The van der Waals surface area contributed by atoms with E-state index in [2.05, 4.69) is 4.74 Å². The summed E-state index contributed by atoms with van der Waals surface area (Å²) in [4.78, 5) is 11.3. The molecule has 0 spiro atoms. The minimum Gasteiger partial charge on any atom is -0.465 e. The maximum absolute atomic E-state index is 13.4. The Morgan fingerprint density at radius 2 is 2.00 bits per heavy atom. The molecule has 7 heteroatoms. The summed E-state index contributed by atoms with van der Waals surface area (Å²) in [5, 5.41) is 0. The van der Waals surface area contributed by atoms with Gasteiger partial charge in [0.25, 0.3) is 0 Å². The normalized spacial score (nSPS) is 11.9. The van der Waals surface area contributed by atoms with Crippen LogP contribution in [0.4, 0.5) is 4.39 Å². The molecule has 0 saturated carbocycles. The first-order valence-electron chi connectivity index (χ1n) is 6.15. The van der Waals surface area contributed by atoms with E-state index in [1.807, 2.05) is 0 Å². The van der Waals surface area contributed by atoms with Gasteiger partial charge in [-0.3, -0.25) is 0 Å². The summed E-state index contributed by atoms with van der Waals surface area (Å²) in [7, 11) is -2.83. The SMILES string of the molecule is CCN(C(C)C)S(=O)(=O)c1cc(F)ccc1C(=O)OC. The summed E-state index contributed by atoms with van der Waals surface area (Å²) in [6.45, 7) is 5.31. The smallest absolute Gasteiger partial charge is 0.339 e. The molecule has 0 heterocycles. The van der Waals surface area contributed by atoms with Crippen LogP contribution in [-0.2, 0) is 14.8 Å². The number of nitrogens with zero attached hydrogens (tertiary/aromatic N) is 1. The second kappa shape index (κ2) is 6.32. The Hall–Kier alpha value is -1.47. The molecule has 0 bridgehead atoms. The molecule has 0 unspecified atom stereocenters. The Labute approximate surface area is 118 Å². The molecule has 0 saturated heterocycles. The largest absolute Gasteiger partial charge is 0.465 e. The van der Waals surface area contributed by atoms with Gasteiger partial charge in [0.2, 0.25) is 10.0 Å². The van der Waals surface area contributed by atoms with Crippen molar-refractivity contribution >= 4 is 16.0 Å². The van der Waals surface area contributed by atoms with E-state index in [1.54, 1.807) is 20.8 Å². The van der Waals surface area contributed by atoms with Crippen LogP contribution in [0, 0.1) is 5.82 Å². The van der Waals surface area contributed by atoms with E-state index in [1.165, 1.54) is 4.31 Å². The van der Waals surface area contributed by atoms with Gasteiger partial charge < -0.3 is 4.74 Å². The van der Waals surface area contributed by atoms with Crippen LogP contribution in [0.1, 0.15) is 31.1 Å². The van der Waals surface area contributed by atoms with Gasteiger partial charge in [-0.2, -0.15) is 4.31 Å². The number of benzene rings is 1. The van der Waals surface area contributed by atoms with Crippen molar-refractivity contribution in [2.75, 3.05) is 13.7 Å². The summed E-state index contributed by atoms with van der Waals surface area (Å²) in [6.07, 6.45) is 0. The van der Waals surface area contributed by atoms with Gasteiger partial charge in [0.1, 0.15) is 5.82 Å². The lowest BCUT2D eigenvalue weighted by Gasteiger charge is -2.25. The van der Waals surface area contributed by atoms with Crippen molar-refractivity contribution in [2.45, 2.75) is 31.7 Å². The number of carbonyl (C=O) groups excluding carboxylic acids is 1. The zero-order valence-corrected chi connectivity index (χ0v) is 12.7. The van der Waals surface area contributed by atoms with E-state index in [0.717, 1.165) is 25.3 Å². The Morgan fingerprint density at radius 3 is 2.45 bits per heavy atom. The summed E-state index contributed by atoms with van der Waals surface area (Å²) in [5.74, 6) is -1.54. The maximum Gasteiger partial charge on any atom is 0.339 e. The molecule has 5 nitrogen and oxygen atoms in total. The molecule has 1 aromatic carbocycles. The van der Waals surface area contributed by atoms with Crippen molar-refractivity contribution in [2.24, 2.45) is 0 Å². The predicted molar refractivity (Wildman–Crippen MR) is 72.4 cm³/mol. The number of sulfonamides is 1. The van der Waals surface area contributed by atoms with Crippen LogP contribution in [0.15, 0.2) is 23.1 Å². The average Bonchev–Trinajstić information content (AvgIpc) is 2.37. The third-order valence-corrected chi connectivity index (χ3v) is 5.01. The van der Waals surface area contributed by atoms with Gasteiger partial charge >= 0.3 is 5.97 Å². The Morgan fingerprint density at radius 1 is 1.40 bits per heavy atom. The quantitative estimate of drug-likeness (QED) is 0.781. The fraction of sp³-hybridized carbons (Fsp3) is 0.462. The molecule has 0 N–H and O–H groups in total. The van der Waals surface area contributed by atoms with Crippen molar-refractivity contribution in [3.05, 3.63) is 29.6 Å². The topological polar surface area (TPSA) is 63.7 Å². The highest BCUT2D eigenvalue weighted by Crippen LogP contribution is 2.23. The molecule has 112 valence electrons. The van der Waals surface area contributed by atoms with Crippen LogP contribution in [0.5, 0.6) is 0 Å². The van der Waals surface area contributed by atoms with Crippen LogP contribution in [0.25, 0.3) is 0 Å². The van der Waals surface area contributed by atoms with E-state index >= 15 is 0 Å². The van der Waals surface area contributed by atoms with Gasteiger partial charge in [-0.15, -0.1) is 0 Å². The lowest BCUT2D eigenvalue weighted by molar-refractivity contribution is 0.0596. The highest BCUT2D eigenvalue weighted by atomic mass is 32.2. The van der Waals surface area contributed by atoms with Crippen molar-refractivity contribution in [1.29, 1.82) is 0 Å². The van der Waals surface area contributed by atoms with Crippen LogP contribution in [0.2, 0.25) is 0 Å². The molecule has 0 aliphatic rings. The van der Waals surface area contributed by atoms with Gasteiger partial charge in [0.15, 0.2) is 0 Å². The molecule has 0 atom stereocenters. The number of ether oxygens (including phenoxy) is 1. The number of methoxy groups -OCH3 is 1. The Kier molecular flexibility index (Phi) is 5.24. The molecule has 0 radical (unpaired) electrons. The molecule has 0 aliphatic carbocycles. The van der Waals surface area contributed by atoms with Crippen LogP contribution in [-0.4, -0.2) is 38.4 Å². The van der Waals surface area contributed by atoms with Crippen LogP contribution >= 0.6 is 0 Å². The van der Waals surface area contributed by atoms with Crippen molar-refractivity contribution in [3.8, 4) is 0 Å². The standard InChI is InChI=1S/C13H18FNO4S/c1-5-15(9(2)3)20(17,18)12-8-10(14)6-7-11(12)13(16)19-4/h6-9H,5H2,1-4H3. The fourth-order valence-electron chi connectivity index (χ4n) is 1.93. The van der Waals surface area contributed by atoms with E-state index in [0.29, 0.717) is 0 Å². The van der Waals surface area contributed by atoms with Gasteiger partial charge in [0.05, 0.1) is 17.6 Å². The highest BCUT2D eigenvalue weighted by molar-refractivity contribution is 7.89. The van der Waals surface area contributed by atoms with E-state index in [9.17, 15) is 17.6 Å². The molecule has 20 heavy (non-hydrogen) atoms. The van der Waals surface area contributed by atoms with E-state index < -0.39 is 21.8 Å². The van der Waals surface area contributed by atoms with Crippen molar-refractivity contribution in [1.82, 2.24) is 4.31 Å². The predicted octanol–water partition coefficient (Wildman–Crippen LogP) is 2.03. The minimum atomic E-state index is -3.97. The lowest BCUT2D eigenvalue weighted by atomic mass is 10.2. The fourth-order valence-corrected chi connectivity index (χ4v) is 3.77. The number of carbonyl (C=O) groups is 1. The summed E-state index contributed by atoms with van der Waals surface area (Å²) in [5.41, 5.74) is -0.173. The average molecular weight is 303 g/mol. The highest BCUT2D eigenvalue weighted by Gasteiger charge is 2.30. The van der Waals surface area contributed by atoms with Crippen LogP contribution in [0.3, 0.4) is 0 Å². The van der Waals surface area contributed by atoms with Crippen molar-refractivity contribution in [3.63, 3.8) is 0 Å². The summed E-state index contributed by atoms with van der Waals surface area (Å²) in [6, 6.07) is 2.67. The zero-order chi connectivity index (χ0) is 15.5. The number of halogens is 1. The molecule has 1 rings (SSSR count). The first-order chi connectivity index (χ1) is 9.25. The number of esters is 1. The minimum absolute atomic E-state index is 0.173. The molecule has 1 aromatic rings. The second-order valence-corrected chi connectivity index (χ2v) is 6.29. The molecule has 0 fully saturated rings. The summed E-state index contributed by atoms with van der Waals surface area (Å²) >= 11 is 0. The molecular weight excluding hydrogens is 285 g/mol. The van der Waals surface area contributed by atoms with E-state index in [4.69, 9.17) is 0 Å².